The van der Waals surface area contributed by atoms with E-state index >= 15 is 0 Å². The normalized spacial score (nSPS) is 12.1. The molecule has 0 aliphatic rings. The molecule has 88 valence electrons. The molecule has 6 heteroatoms. The van der Waals surface area contributed by atoms with Gasteiger partial charge in [-0.05, 0) is 24.3 Å². The van der Waals surface area contributed by atoms with E-state index in [1.165, 1.54) is 23.5 Å². The monoisotopic (exact) mass is 251 g/mol. The van der Waals surface area contributed by atoms with E-state index in [2.05, 4.69) is 10.3 Å². The molecule has 1 heterocycles. The van der Waals surface area contributed by atoms with Crippen molar-refractivity contribution in [3.63, 3.8) is 0 Å². The molecule has 0 saturated carbocycles. The third kappa shape index (κ3) is 2.79. The molecule has 4 nitrogen and oxygen atoms in total. The average molecular weight is 251 g/mol. The molecule has 0 spiro atoms. The first-order valence-electron chi connectivity index (χ1n) is 4.86. The van der Waals surface area contributed by atoms with Crippen molar-refractivity contribution in [3.8, 4) is 0 Å². The van der Waals surface area contributed by atoms with Gasteiger partial charge in [0.05, 0.1) is 10.4 Å². The zero-order valence-corrected chi connectivity index (χ0v) is 9.58. The number of hydrogen-bond acceptors (Lipinski definition) is 4. The molecule has 1 unspecified atom stereocenters. The second-order valence-corrected chi connectivity index (χ2v) is 4.31. The molecule has 2 aromatic rings. The maximum absolute atomic E-state index is 12.7. The molecule has 1 atom stereocenters. The number of benzene rings is 1. The number of nitrogens with zero attached hydrogens (tertiary/aromatic N) is 1. The lowest BCUT2D eigenvalue weighted by Gasteiger charge is -2.14. The first-order chi connectivity index (χ1) is 8.16. The molecule has 0 saturated heterocycles. The average Bonchev–Trinajstić information content (AvgIpc) is 2.81. The molecule has 1 aromatic heterocycles. The minimum Gasteiger partial charge on any atom is -0.369 e. The molecule has 3 N–H and O–H groups in total. The Morgan fingerprint density at radius 3 is 2.65 bits per heavy atom. The van der Waals surface area contributed by atoms with E-state index in [1.807, 2.05) is 0 Å². The molecular formula is C11H10FN3OS. The number of hydrogen-bond donors (Lipinski definition) is 2. The number of thiazole rings is 1. The van der Waals surface area contributed by atoms with Crippen LogP contribution in [0.5, 0.6) is 0 Å². The van der Waals surface area contributed by atoms with Crippen LogP contribution in [0.15, 0.2) is 36.0 Å². The van der Waals surface area contributed by atoms with Crippen LogP contribution in [0, 0.1) is 5.82 Å². The van der Waals surface area contributed by atoms with E-state index in [4.69, 9.17) is 5.73 Å². The topological polar surface area (TPSA) is 68.0 Å². The highest BCUT2D eigenvalue weighted by Crippen LogP contribution is 2.22. The summed E-state index contributed by atoms with van der Waals surface area (Å²) < 4.78 is 12.7. The first-order valence-corrected chi connectivity index (χ1v) is 5.74. The zero-order valence-electron chi connectivity index (χ0n) is 8.76. The fourth-order valence-electron chi connectivity index (χ4n) is 1.36. The van der Waals surface area contributed by atoms with Crippen molar-refractivity contribution < 1.29 is 9.18 Å². The predicted octanol–water partition coefficient (Wildman–Crippen LogP) is 1.92. The van der Waals surface area contributed by atoms with Gasteiger partial charge in [0.1, 0.15) is 11.9 Å². The van der Waals surface area contributed by atoms with Crippen molar-refractivity contribution in [2.45, 2.75) is 6.04 Å². The lowest BCUT2D eigenvalue weighted by molar-refractivity contribution is -0.118. The highest BCUT2D eigenvalue weighted by atomic mass is 32.1. The van der Waals surface area contributed by atoms with Crippen LogP contribution in [0.25, 0.3) is 0 Å². The minimum absolute atomic E-state index is 0.330. The second kappa shape index (κ2) is 4.92. The van der Waals surface area contributed by atoms with Gasteiger partial charge in [0, 0.05) is 11.9 Å². The predicted molar refractivity (Wildman–Crippen MR) is 64.1 cm³/mol. The molecule has 17 heavy (non-hydrogen) atoms. The van der Waals surface area contributed by atoms with Crippen molar-refractivity contribution in [1.29, 1.82) is 0 Å². The molecule has 2 rings (SSSR count). The number of primary amides is 1. The van der Waals surface area contributed by atoms with E-state index < -0.39 is 11.9 Å². The Morgan fingerprint density at radius 1 is 1.41 bits per heavy atom. The van der Waals surface area contributed by atoms with Crippen molar-refractivity contribution >= 4 is 22.9 Å². The van der Waals surface area contributed by atoms with Crippen LogP contribution in [0.1, 0.15) is 10.9 Å². The van der Waals surface area contributed by atoms with Gasteiger partial charge in [-0.25, -0.2) is 4.39 Å². The molecule has 0 aliphatic carbocycles. The maximum Gasteiger partial charge on any atom is 0.245 e. The number of carbonyl (C=O) groups is 1. The summed E-state index contributed by atoms with van der Waals surface area (Å²) in [5, 5.41) is 2.94. The lowest BCUT2D eigenvalue weighted by Crippen LogP contribution is -2.27. The number of amides is 1. The standard InChI is InChI=1S/C11H10FN3OS/c12-7-1-3-8(4-2-7)15-10(11(13)16)9-5-14-6-17-9/h1-6,10,15H,(H2,13,16). The summed E-state index contributed by atoms with van der Waals surface area (Å²) in [6.45, 7) is 0. The Kier molecular flexibility index (Phi) is 3.34. The molecule has 0 radical (unpaired) electrons. The number of anilines is 1. The summed E-state index contributed by atoms with van der Waals surface area (Å²) in [6, 6.07) is 5.08. The van der Waals surface area contributed by atoms with Crippen molar-refractivity contribution in [3.05, 3.63) is 46.7 Å². The fourth-order valence-corrected chi connectivity index (χ4v) is 2.04. The Balaban J connectivity index is 2.19. The van der Waals surface area contributed by atoms with E-state index in [0.29, 0.717) is 5.69 Å². The van der Waals surface area contributed by atoms with Crippen LogP contribution in [-0.2, 0) is 4.79 Å². The Morgan fingerprint density at radius 2 is 2.12 bits per heavy atom. The molecule has 1 aromatic carbocycles. The Bertz CT molecular complexity index is 498. The quantitative estimate of drug-likeness (QED) is 0.872. The lowest BCUT2D eigenvalue weighted by atomic mass is 10.2. The SMILES string of the molecule is NC(=O)C(Nc1ccc(F)cc1)c1cncs1. The van der Waals surface area contributed by atoms with Gasteiger partial charge in [0.2, 0.25) is 5.91 Å². The summed E-state index contributed by atoms with van der Waals surface area (Å²) in [4.78, 5) is 15.9. The number of carbonyl (C=O) groups excluding carboxylic acids is 1. The summed E-state index contributed by atoms with van der Waals surface area (Å²) >= 11 is 1.33. The van der Waals surface area contributed by atoms with Crippen LogP contribution in [-0.4, -0.2) is 10.9 Å². The van der Waals surface area contributed by atoms with E-state index in [9.17, 15) is 9.18 Å². The summed E-state index contributed by atoms with van der Waals surface area (Å²) in [5.74, 6) is -0.831. The van der Waals surface area contributed by atoms with Crippen molar-refractivity contribution in [2.24, 2.45) is 5.73 Å². The highest BCUT2D eigenvalue weighted by Gasteiger charge is 2.18. The number of rotatable bonds is 4. The Labute approximate surface area is 101 Å². The van der Waals surface area contributed by atoms with Crippen LogP contribution in [0.2, 0.25) is 0 Å². The van der Waals surface area contributed by atoms with Gasteiger partial charge >= 0.3 is 0 Å². The molecule has 0 bridgehead atoms. The van der Waals surface area contributed by atoms with Gasteiger partial charge in [0.15, 0.2) is 0 Å². The zero-order chi connectivity index (χ0) is 12.3. The second-order valence-electron chi connectivity index (χ2n) is 3.39. The van der Waals surface area contributed by atoms with Crippen molar-refractivity contribution in [1.82, 2.24) is 4.98 Å². The van der Waals surface area contributed by atoms with Crippen LogP contribution in [0.4, 0.5) is 10.1 Å². The third-order valence-corrected chi connectivity index (χ3v) is 3.02. The van der Waals surface area contributed by atoms with Gasteiger partial charge in [-0.15, -0.1) is 11.3 Å². The van der Waals surface area contributed by atoms with Gasteiger partial charge < -0.3 is 11.1 Å². The van der Waals surface area contributed by atoms with E-state index in [1.54, 1.807) is 23.8 Å². The van der Waals surface area contributed by atoms with Gasteiger partial charge in [-0.3, -0.25) is 9.78 Å². The molecule has 0 fully saturated rings. The first kappa shape index (κ1) is 11.5. The summed E-state index contributed by atoms with van der Waals surface area (Å²) in [6.07, 6.45) is 1.58. The highest BCUT2D eigenvalue weighted by molar-refractivity contribution is 7.09. The third-order valence-electron chi connectivity index (χ3n) is 2.18. The molecular weight excluding hydrogens is 241 g/mol. The van der Waals surface area contributed by atoms with Crippen LogP contribution >= 0.6 is 11.3 Å². The summed E-state index contributed by atoms with van der Waals surface area (Å²) in [5.41, 5.74) is 7.56. The smallest absolute Gasteiger partial charge is 0.245 e. The number of nitrogens with one attached hydrogen (secondary N) is 1. The fraction of sp³-hybridized carbons (Fsp3) is 0.0909. The largest absolute Gasteiger partial charge is 0.369 e. The maximum atomic E-state index is 12.7. The van der Waals surface area contributed by atoms with Gasteiger partial charge in [0.25, 0.3) is 0 Å². The molecule has 1 amide bonds. The van der Waals surface area contributed by atoms with Crippen LogP contribution < -0.4 is 11.1 Å². The van der Waals surface area contributed by atoms with E-state index in [-0.39, 0.29) is 5.82 Å². The van der Waals surface area contributed by atoms with E-state index in [0.717, 1.165) is 4.88 Å². The van der Waals surface area contributed by atoms with Crippen LogP contribution in [0.3, 0.4) is 0 Å². The van der Waals surface area contributed by atoms with Gasteiger partial charge in [-0.1, -0.05) is 0 Å². The Hall–Kier alpha value is -1.95. The summed E-state index contributed by atoms with van der Waals surface area (Å²) in [7, 11) is 0. The minimum atomic E-state index is -0.645. The number of aromatic nitrogens is 1. The van der Waals surface area contributed by atoms with Gasteiger partial charge in [-0.2, -0.15) is 0 Å². The number of nitrogens with two attached hydrogens (primary N) is 1. The molecule has 0 aliphatic heterocycles. The van der Waals surface area contributed by atoms with Crippen molar-refractivity contribution in [2.75, 3.05) is 5.32 Å². The number of halogens is 1.